The summed E-state index contributed by atoms with van der Waals surface area (Å²) in [6, 6.07) is 5.15. The summed E-state index contributed by atoms with van der Waals surface area (Å²) >= 11 is 0. The van der Waals surface area contributed by atoms with E-state index in [1.165, 1.54) is 0 Å². The van der Waals surface area contributed by atoms with Crippen LogP contribution in [0.1, 0.15) is 38.2 Å². The molecule has 2 rings (SSSR count). The zero-order valence-electron chi connectivity index (χ0n) is 11.6. The number of nitrogen functional groups attached to an aromatic ring is 1. The average Bonchev–Trinajstić information content (AvgIpc) is 2.82. The predicted octanol–water partition coefficient (Wildman–Crippen LogP) is 2.53. The van der Waals surface area contributed by atoms with Gasteiger partial charge in [0.25, 0.3) is 0 Å². The van der Waals surface area contributed by atoms with Gasteiger partial charge in [0.1, 0.15) is 0 Å². The Morgan fingerprint density at radius 1 is 1.32 bits per heavy atom. The van der Waals surface area contributed by atoms with Crippen LogP contribution >= 0.6 is 0 Å². The van der Waals surface area contributed by atoms with Gasteiger partial charge in [-0.1, -0.05) is 19.8 Å². The summed E-state index contributed by atoms with van der Waals surface area (Å²) in [5, 5.41) is 0. The number of hydrogen-bond donors (Lipinski definition) is 1. The molecule has 2 N–H and O–H groups in total. The first kappa shape index (κ1) is 14.3. The maximum absolute atomic E-state index is 12.8. The van der Waals surface area contributed by atoms with E-state index in [2.05, 4.69) is 0 Å². The summed E-state index contributed by atoms with van der Waals surface area (Å²) in [6.07, 6.45) is 4.19. The van der Waals surface area contributed by atoms with Crippen LogP contribution in [-0.2, 0) is 10.0 Å². The smallest absolute Gasteiger partial charge is 0.243 e. The van der Waals surface area contributed by atoms with Gasteiger partial charge >= 0.3 is 0 Å². The van der Waals surface area contributed by atoms with E-state index in [1.54, 1.807) is 29.4 Å². The first-order chi connectivity index (χ1) is 8.96. The maximum Gasteiger partial charge on any atom is 0.243 e. The summed E-state index contributed by atoms with van der Waals surface area (Å²) in [5.41, 5.74) is 7.01. The molecule has 0 aliphatic heterocycles. The second-order valence-corrected chi connectivity index (χ2v) is 7.03. The second kappa shape index (κ2) is 5.51. The summed E-state index contributed by atoms with van der Waals surface area (Å²) < 4.78 is 27.2. The number of benzene rings is 1. The van der Waals surface area contributed by atoms with E-state index in [1.807, 2.05) is 6.92 Å². The molecule has 0 saturated heterocycles. The molecule has 19 heavy (non-hydrogen) atoms. The Morgan fingerprint density at radius 2 is 1.95 bits per heavy atom. The van der Waals surface area contributed by atoms with E-state index >= 15 is 0 Å². The Bertz CT molecular complexity index is 549. The molecule has 1 saturated carbocycles. The number of aryl methyl sites for hydroxylation is 1. The summed E-state index contributed by atoms with van der Waals surface area (Å²) in [7, 11) is -3.40. The molecule has 5 heteroatoms. The van der Waals surface area contributed by atoms with Crippen molar-refractivity contribution in [1.82, 2.24) is 4.31 Å². The van der Waals surface area contributed by atoms with Crippen molar-refractivity contribution in [3.8, 4) is 0 Å². The lowest BCUT2D eigenvalue weighted by Gasteiger charge is -2.27. The molecule has 1 aliphatic rings. The largest absolute Gasteiger partial charge is 0.399 e. The van der Waals surface area contributed by atoms with Crippen molar-refractivity contribution in [2.75, 3.05) is 12.3 Å². The van der Waals surface area contributed by atoms with Gasteiger partial charge in [-0.3, -0.25) is 0 Å². The highest BCUT2D eigenvalue weighted by molar-refractivity contribution is 7.89. The van der Waals surface area contributed by atoms with E-state index in [9.17, 15) is 8.42 Å². The molecule has 106 valence electrons. The molecular weight excluding hydrogens is 260 g/mol. The standard InChI is InChI=1S/C14H22N2O2S/c1-3-16(13-6-4-5-7-13)19(17,18)14-9-8-12(15)10-11(14)2/h8-10,13H,3-7,15H2,1-2H3. The zero-order chi connectivity index (χ0) is 14.0. The van der Waals surface area contributed by atoms with E-state index in [-0.39, 0.29) is 6.04 Å². The highest BCUT2D eigenvalue weighted by atomic mass is 32.2. The normalized spacial score (nSPS) is 17.2. The second-order valence-electron chi connectivity index (χ2n) is 5.17. The van der Waals surface area contributed by atoms with E-state index in [0.717, 1.165) is 31.2 Å². The molecular formula is C14H22N2O2S. The number of hydrogen-bond acceptors (Lipinski definition) is 3. The number of anilines is 1. The molecule has 0 atom stereocenters. The van der Waals surface area contributed by atoms with Gasteiger partial charge in [-0.2, -0.15) is 4.31 Å². The fraction of sp³-hybridized carbons (Fsp3) is 0.571. The van der Waals surface area contributed by atoms with Crippen LogP contribution in [0.3, 0.4) is 0 Å². The highest BCUT2D eigenvalue weighted by Gasteiger charge is 2.32. The number of sulfonamides is 1. The van der Waals surface area contributed by atoms with Gasteiger partial charge in [0, 0.05) is 18.3 Å². The van der Waals surface area contributed by atoms with Crippen LogP contribution in [0.2, 0.25) is 0 Å². The number of rotatable bonds is 4. The van der Waals surface area contributed by atoms with Crippen LogP contribution in [0.5, 0.6) is 0 Å². The lowest BCUT2D eigenvalue weighted by atomic mass is 10.2. The Labute approximate surface area is 115 Å². The fourth-order valence-electron chi connectivity index (χ4n) is 2.91. The van der Waals surface area contributed by atoms with Crippen molar-refractivity contribution in [3.05, 3.63) is 23.8 Å². The Morgan fingerprint density at radius 3 is 2.47 bits per heavy atom. The molecule has 0 heterocycles. The third-order valence-corrected chi connectivity index (χ3v) is 6.02. The SMILES string of the molecule is CCN(C1CCCC1)S(=O)(=O)c1ccc(N)cc1C. The quantitative estimate of drug-likeness (QED) is 0.863. The minimum absolute atomic E-state index is 0.159. The van der Waals surface area contributed by atoms with Gasteiger partial charge in [0.15, 0.2) is 0 Å². The van der Waals surface area contributed by atoms with Gasteiger partial charge in [-0.25, -0.2) is 8.42 Å². The third-order valence-electron chi connectivity index (χ3n) is 3.83. The first-order valence-corrected chi connectivity index (χ1v) is 8.28. The van der Waals surface area contributed by atoms with Crippen molar-refractivity contribution < 1.29 is 8.42 Å². The molecule has 0 aromatic heterocycles. The number of nitrogens with zero attached hydrogens (tertiary/aromatic N) is 1. The van der Waals surface area contributed by atoms with Crippen LogP contribution in [0.25, 0.3) is 0 Å². The Balaban J connectivity index is 2.39. The van der Waals surface area contributed by atoms with Gasteiger partial charge in [-0.15, -0.1) is 0 Å². The van der Waals surface area contributed by atoms with E-state index in [4.69, 9.17) is 5.73 Å². The van der Waals surface area contributed by atoms with Gasteiger partial charge in [-0.05, 0) is 43.5 Å². The van der Waals surface area contributed by atoms with Gasteiger partial charge in [0.2, 0.25) is 10.0 Å². The molecule has 0 bridgehead atoms. The topological polar surface area (TPSA) is 63.4 Å². The van der Waals surface area contributed by atoms with Crippen molar-refractivity contribution >= 4 is 15.7 Å². The maximum atomic E-state index is 12.8. The lowest BCUT2D eigenvalue weighted by Crippen LogP contribution is -2.38. The monoisotopic (exact) mass is 282 g/mol. The molecule has 4 nitrogen and oxygen atoms in total. The lowest BCUT2D eigenvalue weighted by molar-refractivity contribution is 0.335. The van der Waals surface area contributed by atoms with Crippen molar-refractivity contribution in [2.45, 2.75) is 50.5 Å². The van der Waals surface area contributed by atoms with Crippen molar-refractivity contribution in [2.24, 2.45) is 0 Å². The molecule has 0 spiro atoms. The molecule has 1 aromatic carbocycles. The summed E-state index contributed by atoms with van der Waals surface area (Å²) in [5.74, 6) is 0. The molecule has 1 aliphatic carbocycles. The first-order valence-electron chi connectivity index (χ1n) is 6.84. The summed E-state index contributed by atoms with van der Waals surface area (Å²) in [4.78, 5) is 0.385. The average molecular weight is 282 g/mol. The molecule has 1 fully saturated rings. The highest BCUT2D eigenvalue weighted by Crippen LogP contribution is 2.30. The predicted molar refractivity (Wildman–Crippen MR) is 77.4 cm³/mol. The minimum Gasteiger partial charge on any atom is -0.399 e. The number of nitrogens with two attached hydrogens (primary N) is 1. The van der Waals surface area contributed by atoms with Gasteiger partial charge in [0.05, 0.1) is 4.90 Å². The Kier molecular flexibility index (Phi) is 4.16. The molecule has 0 unspecified atom stereocenters. The van der Waals surface area contributed by atoms with Crippen LogP contribution in [-0.4, -0.2) is 25.3 Å². The Hall–Kier alpha value is -1.07. The van der Waals surface area contributed by atoms with Crippen molar-refractivity contribution in [3.63, 3.8) is 0 Å². The fourth-order valence-corrected chi connectivity index (χ4v) is 4.81. The van der Waals surface area contributed by atoms with Crippen LogP contribution in [0.15, 0.2) is 23.1 Å². The summed E-state index contributed by atoms with van der Waals surface area (Å²) in [6.45, 7) is 4.23. The van der Waals surface area contributed by atoms with E-state index in [0.29, 0.717) is 17.1 Å². The zero-order valence-corrected chi connectivity index (χ0v) is 12.4. The van der Waals surface area contributed by atoms with Crippen LogP contribution in [0, 0.1) is 6.92 Å². The molecule has 0 radical (unpaired) electrons. The van der Waals surface area contributed by atoms with Crippen LogP contribution < -0.4 is 5.73 Å². The van der Waals surface area contributed by atoms with Crippen LogP contribution in [0.4, 0.5) is 5.69 Å². The third kappa shape index (κ3) is 2.77. The van der Waals surface area contributed by atoms with Gasteiger partial charge < -0.3 is 5.73 Å². The minimum atomic E-state index is -3.40. The van der Waals surface area contributed by atoms with Crippen molar-refractivity contribution in [1.29, 1.82) is 0 Å². The molecule has 0 amide bonds. The molecule has 1 aromatic rings. The van der Waals surface area contributed by atoms with E-state index < -0.39 is 10.0 Å².